The van der Waals surface area contributed by atoms with E-state index in [0.717, 1.165) is 6.20 Å². The molecule has 1 aromatic heterocycles. The van der Waals surface area contributed by atoms with Crippen LogP contribution in [0.15, 0.2) is 5.47 Å². The summed E-state index contributed by atoms with van der Waals surface area (Å²) in [6.07, 6.45) is -3.71. The molecule has 0 aromatic carbocycles. The van der Waals surface area contributed by atoms with E-state index in [1.807, 2.05) is 0 Å². The quantitative estimate of drug-likeness (QED) is 0.731. The fraction of sp³-hybridized carbons (Fsp3) is 0.429. The zero-order valence-electron chi connectivity index (χ0n) is 8.52. The molecule has 5 nitrogen and oxygen atoms in total. The minimum absolute atomic E-state index is 0.00678. The first kappa shape index (κ1) is 12.7. The highest BCUT2D eigenvalue weighted by atomic mass is 19.4. The van der Waals surface area contributed by atoms with E-state index in [2.05, 4.69) is 10.2 Å². The lowest BCUT2D eigenvalue weighted by atomic mass is 9.81. The fourth-order valence-electron chi connectivity index (χ4n) is 0.987. The molecule has 0 unspecified atom stereocenters. The molecule has 16 heavy (non-hydrogen) atoms. The second-order valence-electron chi connectivity index (χ2n) is 3.19. The highest BCUT2D eigenvalue weighted by molar-refractivity contribution is 6.51. The number of aromatic nitrogens is 3. The van der Waals surface area contributed by atoms with Crippen molar-refractivity contribution in [3.63, 3.8) is 0 Å². The van der Waals surface area contributed by atoms with Gasteiger partial charge in [0.15, 0.2) is 0 Å². The molecule has 0 amide bonds. The normalized spacial score (nSPS) is 13.1. The summed E-state index contributed by atoms with van der Waals surface area (Å²) in [4.78, 5) is 0. The Hall–Kier alpha value is -1.35. The van der Waals surface area contributed by atoms with E-state index < -0.39 is 19.1 Å². The number of nitrogens with zero attached hydrogens (tertiary/aromatic N) is 3. The molecular formula is C7H9BF3N3O2. The number of aryl methyl sites for hydroxylation is 1. The van der Waals surface area contributed by atoms with Crippen LogP contribution in [-0.2, 0) is 6.18 Å². The van der Waals surface area contributed by atoms with E-state index in [9.17, 15) is 13.2 Å². The van der Waals surface area contributed by atoms with Crippen LogP contribution in [0.1, 0.15) is 18.6 Å². The first-order chi connectivity index (χ1) is 7.23. The van der Waals surface area contributed by atoms with Crippen LogP contribution in [0.25, 0.3) is 6.20 Å². The number of hydrogen-bond donors (Lipinski definition) is 2. The van der Waals surface area contributed by atoms with E-state index in [1.54, 1.807) is 0 Å². The van der Waals surface area contributed by atoms with Gasteiger partial charge in [0.1, 0.15) is 5.82 Å². The van der Waals surface area contributed by atoms with Crippen molar-refractivity contribution in [2.45, 2.75) is 20.0 Å². The smallest absolute Gasteiger partial charge is 0.423 e. The molecule has 0 aliphatic rings. The highest BCUT2D eigenvalue weighted by Gasteiger charge is 2.37. The standard InChI is InChI=1S/C7H9BF3N3O2/c1-4(8(15)16)3-14-5(2)12-13-6(14)7(9,10)11/h3,15-16H,1-2H3. The van der Waals surface area contributed by atoms with E-state index >= 15 is 0 Å². The summed E-state index contributed by atoms with van der Waals surface area (Å²) >= 11 is 0. The van der Waals surface area contributed by atoms with Crippen LogP contribution < -0.4 is 0 Å². The lowest BCUT2D eigenvalue weighted by Crippen LogP contribution is -2.17. The van der Waals surface area contributed by atoms with Crippen LogP contribution in [0.3, 0.4) is 0 Å². The number of allylic oxidation sites excluding steroid dienone is 1. The Morgan fingerprint density at radius 2 is 1.94 bits per heavy atom. The molecule has 0 aliphatic carbocycles. The van der Waals surface area contributed by atoms with Crippen molar-refractivity contribution in [2.75, 3.05) is 0 Å². The van der Waals surface area contributed by atoms with Crippen LogP contribution >= 0.6 is 0 Å². The van der Waals surface area contributed by atoms with Gasteiger partial charge in [0, 0.05) is 6.20 Å². The van der Waals surface area contributed by atoms with Gasteiger partial charge in [-0.05, 0) is 19.3 Å². The summed E-state index contributed by atoms with van der Waals surface area (Å²) in [6, 6.07) is 0. The van der Waals surface area contributed by atoms with Crippen LogP contribution in [0, 0.1) is 6.92 Å². The number of halogens is 3. The fourth-order valence-corrected chi connectivity index (χ4v) is 0.987. The zero-order chi connectivity index (χ0) is 12.5. The molecule has 1 rings (SSSR count). The maximum atomic E-state index is 12.4. The SMILES string of the molecule is CC(=Cn1c(C)nnc1C(F)(F)F)B(O)O. The van der Waals surface area contributed by atoms with Crippen molar-refractivity contribution in [3.8, 4) is 0 Å². The predicted octanol–water partition coefficient (Wildman–Crippen LogP) is 0.478. The Morgan fingerprint density at radius 1 is 1.38 bits per heavy atom. The monoisotopic (exact) mass is 235 g/mol. The summed E-state index contributed by atoms with van der Waals surface area (Å²) < 4.78 is 38.0. The molecule has 1 aromatic rings. The molecule has 0 fully saturated rings. The topological polar surface area (TPSA) is 71.2 Å². The lowest BCUT2D eigenvalue weighted by Gasteiger charge is -2.07. The Bertz CT molecular complexity index is 413. The number of rotatable bonds is 2. The summed E-state index contributed by atoms with van der Waals surface area (Å²) in [5, 5.41) is 23.8. The van der Waals surface area contributed by atoms with E-state index in [-0.39, 0.29) is 11.3 Å². The number of hydrogen-bond acceptors (Lipinski definition) is 4. The van der Waals surface area contributed by atoms with Crippen molar-refractivity contribution in [3.05, 3.63) is 17.1 Å². The van der Waals surface area contributed by atoms with Crippen molar-refractivity contribution >= 4 is 13.3 Å². The minimum atomic E-state index is -4.64. The Kier molecular flexibility index (Phi) is 3.39. The van der Waals surface area contributed by atoms with E-state index in [4.69, 9.17) is 10.0 Å². The molecule has 2 N–H and O–H groups in total. The molecule has 0 aliphatic heterocycles. The molecule has 0 atom stereocenters. The molecular weight excluding hydrogens is 226 g/mol. The first-order valence-electron chi connectivity index (χ1n) is 4.26. The van der Waals surface area contributed by atoms with Gasteiger partial charge in [-0.15, -0.1) is 10.2 Å². The van der Waals surface area contributed by atoms with Gasteiger partial charge in [-0.2, -0.15) is 13.2 Å². The maximum Gasteiger partial charge on any atom is 0.485 e. The van der Waals surface area contributed by atoms with Gasteiger partial charge < -0.3 is 10.0 Å². The Balaban J connectivity index is 3.23. The van der Waals surface area contributed by atoms with Gasteiger partial charge in [-0.3, -0.25) is 4.57 Å². The highest BCUT2D eigenvalue weighted by Crippen LogP contribution is 2.28. The zero-order valence-corrected chi connectivity index (χ0v) is 8.52. The molecule has 9 heteroatoms. The predicted molar refractivity (Wildman–Crippen MR) is 49.9 cm³/mol. The van der Waals surface area contributed by atoms with Gasteiger partial charge >= 0.3 is 13.3 Å². The van der Waals surface area contributed by atoms with Gasteiger partial charge in [0.05, 0.1) is 0 Å². The average molecular weight is 235 g/mol. The third kappa shape index (κ3) is 2.61. The van der Waals surface area contributed by atoms with Gasteiger partial charge in [-0.1, -0.05) is 0 Å². The van der Waals surface area contributed by atoms with Crippen molar-refractivity contribution in [1.82, 2.24) is 14.8 Å². The molecule has 0 saturated heterocycles. The van der Waals surface area contributed by atoms with Gasteiger partial charge in [0.25, 0.3) is 0 Å². The van der Waals surface area contributed by atoms with Gasteiger partial charge in [-0.25, -0.2) is 0 Å². The molecule has 1 heterocycles. The lowest BCUT2D eigenvalue weighted by molar-refractivity contribution is -0.146. The summed E-state index contributed by atoms with van der Waals surface area (Å²) in [5.41, 5.74) is -0.0478. The van der Waals surface area contributed by atoms with Crippen molar-refractivity contribution in [2.24, 2.45) is 0 Å². The third-order valence-corrected chi connectivity index (χ3v) is 1.86. The summed E-state index contributed by atoms with van der Waals surface area (Å²) in [7, 11) is -1.82. The van der Waals surface area contributed by atoms with Crippen LogP contribution in [0.4, 0.5) is 13.2 Å². The molecule has 0 saturated carbocycles. The van der Waals surface area contributed by atoms with Crippen molar-refractivity contribution < 1.29 is 23.2 Å². The van der Waals surface area contributed by atoms with Gasteiger partial charge in [0.2, 0.25) is 5.82 Å². The molecule has 88 valence electrons. The third-order valence-electron chi connectivity index (χ3n) is 1.86. The maximum absolute atomic E-state index is 12.4. The van der Waals surface area contributed by atoms with Crippen LogP contribution in [0.2, 0.25) is 0 Å². The Labute approximate surface area is 89.4 Å². The first-order valence-corrected chi connectivity index (χ1v) is 4.26. The molecule has 0 radical (unpaired) electrons. The van der Waals surface area contributed by atoms with Crippen LogP contribution in [0.5, 0.6) is 0 Å². The number of alkyl halides is 3. The van der Waals surface area contributed by atoms with E-state index in [1.165, 1.54) is 13.8 Å². The van der Waals surface area contributed by atoms with Crippen LogP contribution in [-0.4, -0.2) is 31.9 Å². The van der Waals surface area contributed by atoms with Crippen molar-refractivity contribution in [1.29, 1.82) is 0 Å². The second-order valence-corrected chi connectivity index (χ2v) is 3.19. The summed E-state index contributed by atoms with van der Waals surface area (Å²) in [5.74, 6) is -1.20. The summed E-state index contributed by atoms with van der Waals surface area (Å²) in [6.45, 7) is 2.61. The largest absolute Gasteiger partial charge is 0.485 e. The van der Waals surface area contributed by atoms with E-state index in [0.29, 0.717) is 4.57 Å². The average Bonchev–Trinajstić information content (AvgIpc) is 2.47. The second kappa shape index (κ2) is 4.26. The molecule has 0 spiro atoms. The molecule has 0 bridgehead atoms. The minimum Gasteiger partial charge on any atom is -0.423 e. The Morgan fingerprint density at radius 3 is 2.38 bits per heavy atom.